The van der Waals surface area contributed by atoms with Gasteiger partial charge in [0.25, 0.3) is 0 Å². The van der Waals surface area contributed by atoms with E-state index < -0.39 is 0 Å². The third-order valence-electron chi connectivity index (χ3n) is 2.29. The summed E-state index contributed by atoms with van der Waals surface area (Å²) in [6.07, 6.45) is 0. The van der Waals surface area contributed by atoms with Crippen LogP contribution in [0.5, 0.6) is 11.8 Å². The molecule has 0 saturated carbocycles. The number of carbonyl (C=O) groups excluding carboxylic acids is 1. The average molecular weight is 232 g/mol. The molecule has 1 amide bonds. The highest BCUT2D eigenvalue weighted by atomic mass is 16.3. The summed E-state index contributed by atoms with van der Waals surface area (Å²) in [4.78, 5) is 10.8. The van der Waals surface area contributed by atoms with Gasteiger partial charge in [0.2, 0.25) is 5.91 Å². The summed E-state index contributed by atoms with van der Waals surface area (Å²) in [6, 6.07) is 9.55. The number of hydrogen-bond donors (Lipinski definition) is 3. The zero-order valence-electron chi connectivity index (χ0n) is 9.21. The number of aromatic nitrogens is 1. The fourth-order valence-corrected chi connectivity index (χ4v) is 1.58. The molecule has 2 rings (SSSR count). The number of nitrogens with one attached hydrogen (secondary N) is 1. The number of nitrogens with zero attached hydrogens (tertiary/aromatic N) is 1. The Labute approximate surface area is 97.9 Å². The van der Waals surface area contributed by atoms with Crippen LogP contribution in [0.15, 0.2) is 36.4 Å². The predicted molar refractivity (Wildman–Crippen MR) is 63.4 cm³/mol. The van der Waals surface area contributed by atoms with Crippen LogP contribution in [0.3, 0.4) is 0 Å². The van der Waals surface area contributed by atoms with Crippen LogP contribution >= 0.6 is 0 Å². The summed E-state index contributed by atoms with van der Waals surface area (Å²) >= 11 is 0. The van der Waals surface area contributed by atoms with Crippen molar-refractivity contribution in [2.45, 2.75) is 6.92 Å². The van der Waals surface area contributed by atoms with E-state index in [1.54, 1.807) is 24.3 Å². The second-order valence-electron chi connectivity index (χ2n) is 3.61. The van der Waals surface area contributed by atoms with Crippen LogP contribution in [0.1, 0.15) is 6.92 Å². The Morgan fingerprint density at radius 1 is 1.06 bits per heavy atom. The molecule has 5 heteroatoms. The van der Waals surface area contributed by atoms with Crippen LogP contribution in [0.25, 0.3) is 5.69 Å². The van der Waals surface area contributed by atoms with E-state index >= 15 is 0 Å². The van der Waals surface area contributed by atoms with E-state index in [2.05, 4.69) is 5.32 Å². The van der Waals surface area contributed by atoms with Crippen molar-refractivity contribution < 1.29 is 15.0 Å². The van der Waals surface area contributed by atoms with Gasteiger partial charge in [-0.1, -0.05) is 0 Å². The van der Waals surface area contributed by atoms with Gasteiger partial charge in [-0.05, 0) is 24.3 Å². The van der Waals surface area contributed by atoms with E-state index in [1.165, 1.54) is 23.6 Å². The van der Waals surface area contributed by atoms with E-state index in [0.717, 1.165) is 0 Å². The van der Waals surface area contributed by atoms with E-state index in [4.69, 9.17) is 0 Å². The van der Waals surface area contributed by atoms with Crippen LogP contribution in [0.2, 0.25) is 0 Å². The molecule has 1 aromatic carbocycles. The minimum absolute atomic E-state index is 0.0465. The highest BCUT2D eigenvalue weighted by Gasteiger charge is 2.07. The first-order chi connectivity index (χ1) is 8.08. The van der Waals surface area contributed by atoms with E-state index in [9.17, 15) is 15.0 Å². The molecular formula is C12H12N2O3. The van der Waals surface area contributed by atoms with Crippen LogP contribution in [-0.4, -0.2) is 20.7 Å². The van der Waals surface area contributed by atoms with Gasteiger partial charge in [-0.3, -0.25) is 9.36 Å². The fourth-order valence-electron chi connectivity index (χ4n) is 1.58. The van der Waals surface area contributed by atoms with Gasteiger partial charge in [0.05, 0.1) is 5.69 Å². The van der Waals surface area contributed by atoms with Crippen molar-refractivity contribution in [3.8, 4) is 17.4 Å². The maximum absolute atomic E-state index is 10.8. The van der Waals surface area contributed by atoms with Crippen molar-refractivity contribution in [3.05, 3.63) is 36.4 Å². The van der Waals surface area contributed by atoms with Crippen LogP contribution in [0.4, 0.5) is 5.69 Å². The lowest BCUT2D eigenvalue weighted by atomic mass is 10.2. The van der Waals surface area contributed by atoms with Gasteiger partial charge in [0.1, 0.15) is 0 Å². The molecule has 1 heterocycles. The second-order valence-corrected chi connectivity index (χ2v) is 3.61. The number of rotatable bonds is 2. The van der Waals surface area contributed by atoms with Gasteiger partial charge in [-0.2, -0.15) is 0 Å². The molecule has 1 aromatic heterocycles. The zero-order chi connectivity index (χ0) is 12.4. The lowest BCUT2D eigenvalue weighted by molar-refractivity contribution is -0.114. The van der Waals surface area contributed by atoms with Crippen molar-refractivity contribution in [3.63, 3.8) is 0 Å². The minimum Gasteiger partial charge on any atom is -0.494 e. The third kappa shape index (κ3) is 2.23. The van der Waals surface area contributed by atoms with Crippen LogP contribution in [-0.2, 0) is 4.79 Å². The molecular weight excluding hydrogens is 220 g/mol. The Morgan fingerprint density at radius 2 is 1.59 bits per heavy atom. The molecule has 0 atom stereocenters. The summed E-state index contributed by atoms with van der Waals surface area (Å²) in [6.45, 7) is 1.43. The van der Waals surface area contributed by atoms with Gasteiger partial charge in [0, 0.05) is 24.7 Å². The molecule has 0 fully saturated rings. The normalized spacial score (nSPS) is 10.2. The Bertz CT molecular complexity index is 524. The van der Waals surface area contributed by atoms with E-state index in [0.29, 0.717) is 11.4 Å². The summed E-state index contributed by atoms with van der Waals surface area (Å²) < 4.78 is 1.29. The summed E-state index contributed by atoms with van der Waals surface area (Å²) in [7, 11) is 0. The van der Waals surface area contributed by atoms with E-state index in [-0.39, 0.29) is 17.7 Å². The molecule has 0 aliphatic rings. The largest absolute Gasteiger partial charge is 0.494 e. The molecule has 0 spiro atoms. The van der Waals surface area contributed by atoms with Gasteiger partial charge >= 0.3 is 0 Å². The summed E-state index contributed by atoms with van der Waals surface area (Å²) in [5.74, 6) is -0.242. The molecule has 0 saturated heterocycles. The van der Waals surface area contributed by atoms with Crippen LogP contribution in [0, 0.1) is 0 Å². The third-order valence-corrected chi connectivity index (χ3v) is 2.29. The lowest BCUT2D eigenvalue weighted by Crippen LogP contribution is -2.05. The van der Waals surface area contributed by atoms with E-state index in [1.807, 2.05) is 0 Å². The molecule has 0 unspecified atom stereocenters. The summed E-state index contributed by atoms with van der Waals surface area (Å²) in [5.41, 5.74) is 1.27. The monoisotopic (exact) mass is 232 g/mol. The number of anilines is 1. The van der Waals surface area contributed by atoms with Crippen molar-refractivity contribution >= 4 is 11.6 Å². The standard InChI is InChI=1S/C12H12N2O3/c1-8(15)13-9-2-4-10(5-3-9)14-11(16)6-7-12(14)17/h2-7,16-17H,1H3,(H,13,15). The zero-order valence-corrected chi connectivity index (χ0v) is 9.21. The molecule has 17 heavy (non-hydrogen) atoms. The Hall–Kier alpha value is -2.43. The average Bonchev–Trinajstić information content (AvgIpc) is 2.59. The molecule has 0 aliphatic heterocycles. The molecule has 3 N–H and O–H groups in total. The van der Waals surface area contributed by atoms with Gasteiger partial charge in [0.15, 0.2) is 11.8 Å². The van der Waals surface area contributed by atoms with Gasteiger partial charge < -0.3 is 15.5 Å². The first-order valence-electron chi connectivity index (χ1n) is 5.05. The van der Waals surface area contributed by atoms with Gasteiger partial charge in [-0.25, -0.2) is 0 Å². The molecule has 5 nitrogen and oxygen atoms in total. The number of benzene rings is 1. The number of carbonyl (C=O) groups is 1. The van der Waals surface area contributed by atoms with Crippen molar-refractivity contribution in [2.24, 2.45) is 0 Å². The number of hydrogen-bond acceptors (Lipinski definition) is 3. The highest BCUT2D eigenvalue weighted by Crippen LogP contribution is 2.27. The summed E-state index contributed by atoms with van der Waals surface area (Å²) in [5, 5.41) is 21.7. The number of aromatic hydroxyl groups is 2. The van der Waals surface area contributed by atoms with Crippen molar-refractivity contribution in [1.29, 1.82) is 0 Å². The Morgan fingerprint density at radius 3 is 2.06 bits per heavy atom. The molecule has 0 radical (unpaired) electrons. The molecule has 88 valence electrons. The highest BCUT2D eigenvalue weighted by molar-refractivity contribution is 5.88. The minimum atomic E-state index is -0.149. The first-order valence-corrected chi connectivity index (χ1v) is 5.05. The Balaban J connectivity index is 2.33. The second kappa shape index (κ2) is 4.21. The molecule has 2 aromatic rings. The number of amides is 1. The van der Waals surface area contributed by atoms with Crippen molar-refractivity contribution in [1.82, 2.24) is 4.57 Å². The predicted octanol–water partition coefficient (Wildman–Crippen LogP) is 1.85. The van der Waals surface area contributed by atoms with Gasteiger partial charge in [-0.15, -0.1) is 0 Å². The lowest BCUT2D eigenvalue weighted by Gasteiger charge is -2.08. The van der Waals surface area contributed by atoms with Crippen molar-refractivity contribution in [2.75, 3.05) is 5.32 Å². The molecule has 0 bridgehead atoms. The Kier molecular flexibility index (Phi) is 2.74. The fraction of sp³-hybridized carbons (Fsp3) is 0.0833. The quantitative estimate of drug-likeness (QED) is 0.739. The maximum Gasteiger partial charge on any atom is 0.221 e. The molecule has 0 aliphatic carbocycles. The maximum atomic E-state index is 10.8. The smallest absolute Gasteiger partial charge is 0.221 e. The SMILES string of the molecule is CC(=O)Nc1ccc(-n2c(O)ccc2O)cc1. The van der Waals surface area contributed by atoms with Crippen LogP contribution < -0.4 is 5.32 Å². The topological polar surface area (TPSA) is 74.5 Å². The first kappa shape index (κ1) is 11.1.